The van der Waals surface area contributed by atoms with Crippen molar-refractivity contribution in [3.8, 4) is 28.3 Å². The van der Waals surface area contributed by atoms with E-state index in [4.69, 9.17) is 18.9 Å². The third-order valence-electron chi connectivity index (χ3n) is 6.24. The summed E-state index contributed by atoms with van der Waals surface area (Å²) in [5.74, 6) is 3.38. The molecule has 4 aromatic rings. The first-order valence-corrected chi connectivity index (χ1v) is 13.4. The maximum absolute atomic E-state index is 11.6. The molecule has 6 heteroatoms. The summed E-state index contributed by atoms with van der Waals surface area (Å²) in [6.45, 7) is 2.05. The highest BCUT2D eigenvalue weighted by atomic mass is 32.2. The number of thioether (sulfide) groups is 1. The average molecular weight is 500 g/mol. The zero-order chi connectivity index (χ0) is 24.7. The Kier molecular flexibility index (Phi) is 7.72. The number of ether oxygens (including phenoxy) is 2. The number of rotatable bonds is 9. The lowest BCUT2D eigenvalue weighted by molar-refractivity contribution is -0.145. The lowest BCUT2D eigenvalue weighted by atomic mass is 9.93. The molecular weight excluding hydrogens is 470 g/mol. The molecule has 5 rings (SSSR count). The highest BCUT2D eigenvalue weighted by Gasteiger charge is 2.34. The van der Waals surface area contributed by atoms with E-state index >= 15 is 0 Å². The van der Waals surface area contributed by atoms with E-state index < -0.39 is 0 Å². The van der Waals surface area contributed by atoms with Gasteiger partial charge in [-0.15, -0.1) is 11.8 Å². The van der Waals surface area contributed by atoms with E-state index in [1.165, 1.54) is 5.56 Å². The van der Waals surface area contributed by atoms with Gasteiger partial charge in [-0.2, -0.15) is 0 Å². The number of oxazole rings is 1. The van der Waals surface area contributed by atoms with Crippen LogP contribution in [0, 0.1) is 5.92 Å². The molecule has 3 aromatic carbocycles. The Balaban J connectivity index is 1.37. The van der Waals surface area contributed by atoms with Gasteiger partial charge in [-0.05, 0) is 49.1 Å². The lowest BCUT2D eigenvalue weighted by Gasteiger charge is -2.16. The van der Waals surface area contributed by atoms with E-state index in [0.717, 1.165) is 47.1 Å². The fourth-order valence-electron chi connectivity index (χ4n) is 4.56. The van der Waals surface area contributed by atoms with Crippen molar-refractivity contribution in [1.29, 1.82) is 0 Å². The zero-order valence-electron chi connectivity index (χ0n) is 20.3. The summed E-state index contributed by atoms with van der Waals surface area (Å²) in [7, 11) is 0. The Hall–Kier alpha value is -3.51. The van der Waals surface area contributed by atoms with Gasteiger partial charge in [0.25, 0.3) is 0 Å². The van der Waals surface area contributed by atoms with Crippen molar-refractivity contribution in [2.75, 3.05) is 19.0 Å². The van der Waals surface area contributed by atoms with Crippen LogP contribution in [0.2, 0.25) is 0 Å². The third-order valence-corrected chi connectivity index (χ3v) is 7.66. The number of nitrogens with zero attached hydrogens (tertiary/aromatic N) is 1. The highest BCUT2D eigenvalue weighted by molar-refractivity contribution is 7.99. The molecule has 0 aliphatic carbocycles. The molecule has 36 heavy (non-hydrogen) atoms. The molecule has 0 N–H and O–H groups in total. The minimum Gasteiger partial charge on any atom is -0.482 e. The van der Waals surface area contributed by atoms with Gasteiger partial charge in [-0.1, -0.05) is 72.8 Å². The van der Waals surface area contributed by atoms with Crippen molar-refractivity contribution in [3.05, 3.63) is 96.4 Å². The van der Waals surface area contributed by atoms with Crippen LogP contribution in [0.1, 0.15) is 30.0 Å². The number of carbonyl (C=O) groups excluding carboxylic acids is 1. The maximum atomic E-state index is 11.6. The van der Waals surface area contributed by atoms with E-state index in [-0.39, 0.29) is 17.8 Å². The number of benzene rings is 3. The van der Waals surface area contributed by atoms with Crippen molar-refractivity contribution in [3.63, 3.8) is 0 Å². The number of hydrogen-bond donors (Lipinski definition) is 0. The molecule has 0 bridgehead atoms. The van der Waals surface area contributed by atoms with Gasteiger partial charge in [0.1, 0.15) is 11.4 Å². The molecule has 2 heterocycles. The molecule has 1 aromatic heterocycles. The Morgan fingerprint density at radius 3 is 2.50 bits per heavy atom. The van der Waals surface area contributed by atoms with Gasteiger partial charge in [-0.25, -0.2) is 9.78 Å². The minimum atomic E-state index is -0.359. The van der Waals surface area contributed by atoms with E-state index in [1.54, 1.807) is 6.92 Å². The van der Waals surface area contributed by atoms with Crippen LogP contribution in [-0.2, 0) is 16.0 Å². The van der Waals surface area contributed by atoms with Gasteiger partial charge in [-0.3, -0.25) is 0 Å². The van der Waals surface area contributed by atoms with Gasteiger partial charge < -0.3 is 13.9 Å². The standard InChI is InChI=1S/C30H29NO4S/c1-2-33-26(32)20-34-25-15-9-10-21(19-25)18-24-16-17-36-29(24)30-31-27(22-11-5-3-6-12-22)28(35-30)23-13-7-4-8-14-23/h3-15,19,24,29H,2,16-18,20H2,1H3. The molecule has 5 nitrogen and oxygen atoms in total. The number of esters is 1. The van der Waals surface area contributed by atoms with Crippen LogP contribution in [0.15, 0.2) is 89.3 Å². The second kappa shape index (κ2) is 11.5. The molecule has 0 spiro atoms. The largest absolute Gasteiger partial charge is 0.482 e. The molecule has 0 amide bonds. The third kappa shape index (κ3) is 5.65. The zero-order valence-corrected chi connectivity index (χ0v) is 21.1. The van der Waals surface area contributed by atoms with E-state index in [0.29, 0.717) is 18.3 Å². The molecule has 0 saturated carbocycles. The molecule has 0 radical (unpaired) electrons. The summed E-state index contributed by atoms with van der Waals surface area (Å²) >= 11 is 1.91. The van der Waals surface area contributed by atoms with Crippen LogP contribution in [0.4, 0.5) is 0 Å². The molecule has 184 valence electrons. The topological polar surface area (TPSA) is 61.6 Å². The van der Waals surface area contributed by atoms with Crippen molar-refractivity contribution in [2.45, 2.75) is 25.0 Å². The summed E-state index contributed by atoms with van der Waals surface area (Å²) in [5.41, 5.74) is 4.14. The Bertz CT molecular complexity index is 1230. The van der Waals surface area contributed by atoms with Gasteiger partial charge in [0.05, 0.1) is 11.9 Å². The van der Waals surface area contributed by atoms with Crippen molar-refractivity contribution >= 4 is 17.7 Å². The minimum absolute atomic E-state index is 0.0833. The van der Waals surface area contributed by atoms with E-state index in [9.17, 15) is 4.79 Å². The molecule has 2 unspecified atom stereocenters. The summed E-state index contributed by atoms with van der Waals surface area (Å²) < 4.78 is 17.1. The van der Waals surface area contributed by atoms with Crippen molar-refractivity contribution in [1.82, 2.24) is 4.98 Å². The maximum Gasteiger partial charge on any atom is 0.344 e. The van der Waals surface area contributed by atoms with Gasteiger partial charge in [0.2, 0.25) is 5.89 Å². The smallest absolute Gasteiger partial charge is 0.344 e. The summed E-state index contributed by atoms with van der Waals surface area (Å²) in [4.78, 5) is 16.7. The van der Waals surface area contributed by atoms with E-state index in [1.807, 2.05) is 66.4 Å². The van der Waals surface area contributed by atoms with Gasteiger partial charge >= 0.3 is 5.97 Å². The molecule has 1 saturated heterocycles. The quantitative estimate of drug-likeness (QED) is 0.231. The van der Waals surface area contributed by atoms with Crippen LogP contribution in [-0.4, -0.2) is 29.9 Å². The fourth-order valence-corrected chi connectivity index (χ4v) is 6.00. The Morgan fingerprint density at radius 2 is 1.75 bits per heavy atom. The van der Waals surface area contributed by atoms with E-state index in [2.05, 4.69) is 30.3 Å². The SMILES string of the molecule is CCOC(=O)COc1cccc(CC2CCSC2c2nc(-c3ccccc3)c(-c3ccccc3)o2)c1. The van der Waals surface area contributed by atoms with Crippen LogP contribution in [0.5, 0.6) is 5.75 Å². The van der Waals surface area contributed by atoms with Crippen LogP contribution >= 0.6 is 11.8 Å². The first-order chi connectivity index (χ1) is 17.7. The van der Waals surface area contributed by atoms with Crippen LogP contribution < -0.4 is 4.74 Å². The van der Waals surface area contributed by atoms with Gasteiger partial charge in [0, 0.05) is 11.1 Å². The monoisotopic (exact) mass is 499 g/mol. The Morgan fingerprint density at radius 1 is 1.00 bits per heavy atom. The second-order valence-corrected chi connectivity index (χ2v) is 10.00. The Labute approximate surface area is 215 Å². The molecule has 1 fully saturated rings. The number of hydrogen-bond acceptors (Lipinski definition) is 6. The average Bonchev–Trinajstić information content (AvgIpc) is 3.56. The first kappa shape index (κ1) is 24.2. The molecule has 1 aliphatic heterocycles. The molecule has 2 atom stereocenters. The lowest BCUT2D eigenvalue weighted by Crippen LogP contribution is -2.14. The second-order valence-electron chi connectivity index (χ2n) is 8.75. The normalized spacial score (nSPS) is 17.1. The number of carbonyl (C=O) groups is 1. The highest BCUT2D eigenvalue weighted by Crippen LogP contribution is 2.48. The fraction of sp³-hybridized carbons (Fsp3) is 0.267. The molecule has 1 aliphatic rings. The molecular formula is C30H29NO4S. The number of aromatic nitrogens is 1. The van der Waals surface area contributed by atoms with Crippen molar-refractivity contribution in [2.24, 2.45) is 5.92 Å². The van der Waals surface area contributed by atoms with Gasteiger partial charge in [0.15, 0.2) is 12.4 Å². The predicted molar refractivity (Wildman–Crippen MR) is 143 cm³/mol. The summed E-state index contributed by atoms with van der Waals surface area (Å²) in [6.07, 6.45) is 1.98. The van der Waals surface area contributed by atoms with Crippen LogP contribution in [0.25, 0.3) is 22.6 Å². The summed E-state index contributed by atoms with van der Waals surface area (Å²) in [6, 6.07) is 28.4. The summed E-state index contributed by atoms with van der Waals surface area (Å²) in [5, 5.41) is 0.175. The predicted octanol–water partition coefficient (Wildman–Crippen LogP) is 6.99. The van der Waals surface area contributed by atoms with Crippen LogP contribution in [0.3, 0.4) is 0 Å². The van der Waals surface area contributed by atoms with Crippen molar-refractivity contribution < 1.29 is 18.7 Å². The first-order valence-electron chi connectivity index (χ1n) is 12.3.